The zero-order valence-electron chi connectivity index (χ0n) is 11.2. The Hall–Kier alpha value is -0.610. The van der Waals surface area contributed by atoms with Crippen molar-refractivity contribution in [2.24, 2.45) is 5.73 Å². The molecule has 0 aromatic carbocycles. The van der Waals surface area contributed by atoms with Gasteiger partial charge in [-0.15, -0.1) is 0 Å². The van der Waals surface area contributed by atoms with E-state index in [0.29, 0.717) is 6.54 Å². The lowest BCUT2D eigenvalue weighted by Crippen LogP contribution is -2.46. The average Bonchev–Trinajstić information content (AvgIpc) is 2.18. The largest absolute Gasteiger partial charge is 0.364 e. The molecule has 0 rings (SSSR count). The molecule has 0 aliphatic rings. The van der Waals surface area contributed by atoms with Gasteiger partial charge >= 0.3 is 0 Å². The standard InChI is InChI=1S/C12H26N2O2/c1-6-12(7-2,9-13)16-8-10(15)14-11(3,4)5/h6-9,13H2,1-5H3,(H,14,15). The molecule has 4 heteroatoms. The summed E-state index contributed by atoms with van der Waals surface area (Å²) in [4.78, 5) is 11.6. The molecule has 4 nitrogen and oxygen atoms in total. The molecule has 0 fully saturated rings. The number of hydrogen-bond acceptors (Lipinski definition) is 3. The van der Waals surface area contributed by atoms with Crippen molar-refractivity contribution in [3.05, 3.63) is 0 Å². The van der Waals surface area contributed by atoms with Crippen LogP contribution in [0.15, 0.2) is 0 Å². The van der Waals surface area contributed by atoms with Gasteiger partial charge in [0.2, 0.25) is 5.91 Å². The number of carbonyl (C=O) groups excluding carboxylic acids is 1. The fraction of sp³-hybridized carbons (Fsp3) is 0.917. The number of amides is 1. The Labute approximate surface area is 98.9 Å². The Morgan fingerprint density at radius 2 is 1.75 bits per heavy atom. The normalized spacial score (nSPS) is 12.6. The minimum atomic E-state index is -0.352. The van der Waals surface area contributed by atoms with Crippen LogP contribution in [-0.4, -0.2) is 30.2 Å². The van der Waals surface area contributed by atoms with Gasteiger partial charge in [-0.25, -0.2) is 0 Å². The quantitative estimate of drug-likeness (QED) is 0.725. The predicted octanol–water partition coefficient (Wildman–Crippen LogP) is 1.44. The summed E-state index contributed by atoms with van der Waals surface area (Å²) in [5.41, 5.74) is 5.12. The molecule has 0 spiro atoms. The SMILES string of the molecule is CCC(CC)(CN)OCC(=O)NC(C)(C)C. The molecule has 0 heterocycles. The Morgan fingerprint density at radius 3 is 2.06 bits per heavy atom. The highest BCUT2D eigenvalue weighted by atomic mass is 16.5. The average molecular weight is 230 g/mol. The Kier molecular flexibility index (Phi) is 5.97. The van der Waals surface area contributed by atoms with Crippen LogP contribution >= 0.6 is 0 Å². The van der Waals surface area contributed by atoms with Gasteiger partial charge < -0.3 is 15.8 Å². The third-order valence-electron chi connectivity index (χ3n) is 2.68. The fourth-order valence-electron chi connectivity index (χ4n) is 1.47. The molecule has 0 aliphatic carbocycles. The van der Waals surface area contributed by atoms with Crippen molar-refractivity contribution in [3.63, 3.8) is 0 Å². The Bertz CT molecular complexity index is 209. The van der Waals surface area contributed by atoms with Crippen molar-refractivity contribution in [1.29, 1.82) is 0 Å². The van der Waals surface area contributed by atoms with Crippen molar-refractivity contribution in [2.45, 2.75) is 58.6 Å². The minimum Gasteiger partial charge on any atom is -0.364 e. The third-order valence-corrected chi connectivity index (χ3v) is 2.68. The van der Waals surface area contributed by atoms with E-state index in [1.807, 2.05) is 34.6 Å². The first-order valence-corrected chi connectivity index (χ1v) is 5.93. The Balaban J connectivity index is 4.17. The summed E-state index contributed by atoms with van der Waals surface area (Å²) in [5, 5.41) is 2.86. The zero-order valence-corrected chi connectivity index (χ0v) is 11.2. The van der Waals surface area contributed by atoms with Gasteiger partial charge in [0.25, 0.3) is 0 Å². The number of nitrogens with two attached hydrogens (primary N) is 1. The molecule has 96 valence electrons. The second-order valence-electron chi connectivity index (χ2n) is 5.18. The maximum absolute atomic E-state index is 11.6. The monoisotopic (exact) mass is 230 g/mol. The summed E-state index contributed by atoms with van der Waals surface area (Å²) in [6.45, 7) is 10.4. The molecule has 0 atom stereocenters. The van der Waals surface area contributed by atoms with Crippen molar-refractivity contribution in [1.82, 2.24) is 5.32 Å². The van der Waals surface area contributed by atoms with E-state index in [1.165, 1.54) is 0 Å². The lowest BCUT2D eigenvalue weighted by molar-refractivity contribution is -0.134. The first-order valence-electron chi connectivity index (χ1n) is 5.93. The van der Waals surface area contributed by atoms with Crippen LogP contribution in [0, 0.1) is 0 Å². The van der Waals surface area contributed by atoms with Gasteiger partial charge in [-0.05, 0) is 33.6 Å². The van der Waals surface area contributed by atoms with Crippen LogP contribution in [0.5, 0.6) is 0 Å². The number of carbonyl (C=O) groups is 1. The van der Waals surface area contributed by atoms with E-state index in [4.69, 9.17) is 10.5 Å². The maximum Gasteiger partial charge on any atom is 0.246 e. The number of rotatable bonds is 6. The molecule has 0 radical (unpaired) electrons. The van der Waals surface area contributed by atoms with Gasteiger partial charge in [0.1, 0.15) is 6.61 Å². The van der Waals surface area contributed by atoms with E-state index >= 15 is 0 Å². The van der Waals surface area contributed by atoms with Crippen LogP contribution in [0.3, 0.4) is 0 Å². The molecule has 16 heavy (non-hydrogen) atoms. The Morgan fingerprint density at radius 1 is 1.25 bits per heavy atom. The fourth-order valence-corrected chi connectivity index (χ4v) is 1.47. The lowest BCUT2D eigenvalue weighted by Gasteiger charge is -2.31. The van der Waals surface area contributed by atoms with Crippen LogP contribution < -0.4 is 11.1 Å². The summed E-state index contributed by atoms with van der Waals surface area (Å²) in [5.74, 6) is -0.0905. The molecule has 0 unspecified atom stereocenters. The van der Waals surface area contributed by atoms with Crippen LogP contribution in [0.4, 0.5) is 0 Å². The van der Waals surface area contributed by atoms with Crippen molar-refractivity contribution < 1.29 is 9.53 Å². The summed E-state index contributed by atoms with van der Waals surface area (Å²) in [7, 11) is 0. The third kappa shape index (κ3) is 5.47. The summed E-state index contributed by atoms with van der Waals surface area (Å²) >= 11 is 0. The summed E-state index contributed by atoms with van der Waals surface area (Å²) in [6.07, 6.45) is 1.64. The van der Waals surface area contributed by atoms with E-state index in [-0.39, 0.29) is 23.7 Å². The first-order chi connectivity index (χ1) is 7.28. The van der Waals surface area contributed by atoms with Crippen molar-refractivity contribution in [3.8, 4) is 0 Å². The number of ether oxygens (including phenoxy) is 1. The van der Waals surface area contributed by atoms with E-state index < -0.39 is 0 Å². The smallest absolute Gasteiger partial charge is 0.246 e. The van der Waals surface area contributed by atoms with E-state index in [0.717, 1.165) is 12.8 Å². The molecule has 1 amide bonds. The van der Waals surface area contributed by atoms with Crippen molar-refractivity contribution in [2.75, 3.05) is 13.2 Å². The molecule has 0 saturated carbocycles. The molecular formula is C12H26N2O2. The van der Waals surface area contributed by atoms with Gasteiger partial charge in [-0.1, -0.05) is 13.8 Å². The highest BCUT2D eigenvalue weighted by molar-refractivity contribution is 5.77. The highest BCUT2D eigenvalue weighted by Gasteiger charge is 2.26. The van der Waals surface area contributed by atoms with Crippen LogP contribution in [0.2, 0.25) is 0 Å². The molecule has 0 aliphatic heterocycles. The van der Waals surface area contributed by atoms with E-state index in [2.05, 4.69) is 5.32 Å². The summed E-state index contributed by atoms with van der Waals surface area (Å²) in [6, 6.07) is 0. The number of hydrogen-bond donors (Lipinski definition) is 2. The zero-order chi connectivity index (χ0) is 12.8. The molecule has 0 aromatic rings. The predicted molar refractivity (Wildman–Crippen MR) is 66.2 cm³/mol. The second-order valence-corrected chi connectivity index (χ2v) is 5.18. The van der Waals surface area contributed by atoms with Gasteiger partial charge in [-0.2, -0.15) is 0 Å². The van der Waals surface area contributed by atoms with E-state index in [9.17, 15) is 4.79 Å². The second kappa shape index (κ2) is 6.21. The van der Waals surface area contributed by atoms with Crippen LogP contribution in [0.25, 0.3) is 0 Å². The lowest BCUT2D eigenvalue weighted by atomic mass is 9.97. The molecular weight excluding hydrogens is 204 g/mol. The minimum absolute atomic E-state index is 0.0795. The number of nitrogens with one attached hydrogen (secondary N) is 1. The van der Waals surface area contributed by atoms with Gasteiger partial charge in [-0.3, -0.25) is 4.79 Å². The van der Waals surface area contributed by atoms with Crippen LogP contribution in [-0.2, 0) is 9.53 Å². The molecule has 0 bridgehead atoms. The van der Waals surface area contributed by atoms with Gasteiger partial charge in [0.15, 0.2) is 0 Å². The van der Waals surface area contributed by atoms with Crippen LogP contribution in [0.1, 0.15) is 47.5 Å². The highest BCUT2D eigenvalue weighted by Crippen LogP contribution is 2.18. The van der Waals surface area contributed by atoms with Gasteiger partial charge in [0.05, 0.1) is 5.60 Å². The molecule has 3 N–H and O–H groups in total. The first kappa shape index (κ1) is 15.4. The van der Waals surface area contributed by atoms with Crippen molar-refractivity contribution >= 4 is 5.91 Å². The van der Waals surface area contributed by atoms with Gasteiger partial charge in [0, 0.05) is 12.1 Å². The van der Waals surface area contributed by atoms with E-state index in [1.54, 1.807) is 0 Å². The molecule has 0 saturated heterocycles. The topological polar surface area (TPSA) is 64.3 Å². The summed E-state index contributed by atoms with van der Waals surface area (Å²) < 4.78 is 5.65. The molecule has 0 aromatic heterocycles. The maximum atomic E-state index is 11.6.